The van der Waals surface area contributed by atoms with Crippen LogP contribution in [0.5, 0.6) is 5.75 Å². The summed E-state index contributed by atoms with van der Waals surface area (Å²) in [6, 6.07) is 11.6. The molecule has 0 aromatic heterocycles. The lowest BCUT2D eigenvalue weighted by Gasteiger charge is -2.13. The van der Waals surface area contributed by atoms with Gasteiger partial charge in [0, 0.05) is 10.9 Å². The van der Waals surface area contributed by atoms with Gasteiger partial charge >= 0.3 is 0 Å². The molecular formula is C13H13NO. The summed E-state index contributed by atoms with van der Waals surface area (Å²) in [6.07, 6.45) is 2.03. The molecule has 2 aromatic rings. The van der Waals surface area contributed by atoms with Crippen LogP contribution in [0.3, 0.4) is 0 Å². The van der Waals surface area contributed by atoms with Crippen LogP contribution in [-0.2, 0) is 5.54 Å². The monoisotopic (exact) mass is 199 g/mol. The highest BCUT2D eigenvalue weighted by Gasteiger charge is 2.41. The number of fused-ring (bicyclic) bond motifs is 1. The normalized spacial score (nSPS) is 17.9. The smallest absolute Gasteiger partial charge is 0.123 e. The maximum absolute atomic E-state index is 9.89. The molecule has 3 N–H and O–H groups in total. The van der Waals surface area contributed by atoms with E-state index in [1.54, 1.807) is 6.07 Å². The third kappa shape index (κ3) is 1.22. The van der Waals surface area contributed by atoms with E-state index in [1.807, 2.05) is 30.3 Å². The predicted octanol–water partition coefficient (Wildman–Crippen LogP) is 2.49. The number of hydrogen-bond acceptors (Lipinski definition) is 2. The molecule has 0 saturated heterocycles. The summed E-state index contributed by atoms with van der Waals surface area (Å²) in [4.78, 5) is 0. The van der Waals surface area contributed by atoms with Crippen LogP contribution >= 0.6 is 0 Å². The standard InChI is InChI=1S/C13H13NO/c14-13(7-8-13)10-5-1-3-9-4-2-6-11(15)12(9)10/h1-6,15H,7-8,14H2. The highest BCUT2D eigenvalue weighted by atomic mass is 16.3. The molecule has 76 valence electrons. The fourth-order valence-corrected chi connectivity index (χ4v) is 2.14. The summed E-state index contributed by atoms with van der Waals surface area (Å²) in [5.74, 6) is 0.333. The van der Waals surface area contributed by atoms with Crippen molar-refractivity contribution in [3.63, 3.8) is 0 Å². The average Bonchev–Trinajstić information content (AvgIpc) is 2.98. The quantitative estimate of drug-likeness (QED) is 0.741. The lowest BCUT2D eigenvalue weighted by Crippen LogP contribution is -2.18. The van der Waals surface area contributed by atoms with Crippen LogP contribution in [0.25, 0.3) is 10.8 Å². The van der Waals surface area contributed by atoms with Crippen LogP contribution in [0.4, 0.5) is 0 Å². The second-order valence-electron chi connectivity index (χ2n) is 4.34. The molecule has 0 heterocycles. The van der Waals surface area contributed by atoms with Gasteiger partial charge in [-0.3, -0.25) is 0 Å². The maximum atomic E-state index is 9.89. The number of rotatable bonds is 1. The molecule has 1 saturated carbocycles. The Morgan fingerprint density at radius 3 is 2.40 bits per heavy atom. The number of benzene rings is 2. The van der Waals surface area contributed by atoms with Gasteiger partial charge in [0.05, 0.1) is 0 Å². The Morgan fingerprint density at radius 1 is 1.07 bits per heavy atom. The van der Waals surface area contributed by atoms with E-state index in [0.29, 0.717) is 5.75 Å². The molecule has 1 aliphatic carbocycles. The zero-order valence-electron chi connectivity index (χ0n) is 8.40. The fraction of sp³-hybridized carbons (Fsp3) is 0.231. The Balaban J connectivity index is 2.39. The zero-order chi connectivity index (χ0) is 10.5. The Labute approximate surface area is 88.3 Å². The molecule has 0 bridgehead atoms. The number of nitrogens with two attached hydrogens (primary N) is 1. The van der Waals surface area contributed by atoms with Crippen molar-refractivity contribution in [2.45, 2.75) is 18.4 Å². The van der Waals surface area contributed by atoms with E-state index in [1.165, 1.54) is 0 Å². The van der Waals surface area contributed by atoms with E-state index in [0.717, 1.165) is 29.2 Å². The summed E-state index contributed by atoms with van der Waals surface area (Å²) >= 11 is 0. The third-order valence-corrected chi connectivity index (χ3v) is 3.21. The summed E-state index contributed by atoms with van der Waals surface area (Å²) in [6.45, 7) is 0. The second-order valence-corrected chi connectivity index (χ2v) is 4.34. The van der Waals surface area contributed by atoms with Crippen molar-refractivity contribution in [2.75, 3.05) is 0 Å². The molecule has 2 aromatic carbocycles. The molecule has 2 nitrogen and oxygen atoms in total. The van der Waals surface area contributed by atoms with Gasteiger partial charge in [0.15, 0.2) is 0 Å². The minimum Gasteiger partial charge on any atom is -0.507 e. The average molecular weight is 199 g/mol. The number of phenolic OH excluding ortho intramolecular Hbond substituents is 1. The van der Waals surface area contributed by atoms with Gasteiger partial charge in [-0.2, -0.15) is 0 Å². The van der Waals surface area contributed by atoms with Crippen molar-refractivity contribution < 1.29 is 5.11 Å². The lowest BCUT2D eigenvalue weighted by molar-refractivity contribution is 0.480. The second kappa shape index (κ2) is 2.74. The first kappa shape index (κ1) is 8.74. The molecule has 0 amide bonds. The number of phenols is 1. The van der Waals surface area contributed by atoms with Crippen LogP contribution in [-0.4, -0.2) is 5.11 Å². The summed E-state index contributed by atoms with van der Waals surface area (Å²) in [5, 5.41) is 11.9. The number of hydrogen-bond donors (Lipinski definition) is 2. The van der Waals surface area contributed by atoms with Gasteiger partial charge < -0.3 is 10.8 Å². The lowest BCUT2D eigenvalue weighted by atomic mass is 9.97. The first-order chi connectivity index (χ1) is 7.21. The molecule has 0 unspecified atom stereocenters. The van der Waals surface area contributed by atoms with E-state index >= 15 is 0 Å². The molecule has 3 rings (SSSR count). The van der Waals surface area contributed by atoms with Crippen molar-refractivity contribution in [1.82, 2.24) is 0 Å². The van der Waals surface area contributed by atoms with Crippen LogP contribution < -0.4 is 5.73 Å². The van der Waals surface area contributed by atoms with Crippen molar-refractivity contribution in [2.24, 2.45) is 5.73 Å². The molecule has 1 aliphatic rings. The molecule has 0 radical (unpaired) electrons. The SMILES string of the molecule is NC1(c2cccc3cccc(O)c23)CC1. The Hall–Kier alpha value is -1.54. The molecule has 1 fully saturated rings. The Bertz CT molecular complexity index is 524. The summed E-state index contributed by atoms with van der Waals surface area (Å²) in [5.41, 5.74) is 7.08. The van der Waals surface area contributed by atoms with Crippen LogP contribution in [0.1, 0.15) is 18.4 Å². The molecule has 2 heteroatoms. The van der Waals surface area contributed by atoms with Crippen LogP contribution in [0.2, 0.25) is 0 Å². The summed E-state index contributed by atoms with van der Waals surface area (Å²) in [7, 11) is 0. The van der Waals surface area contributed by atoms with Crippen molar-refractivity contribution in [3.05, 3.63) is 42.0 Å². The van der Waals surface area contributed by atoms with E-state index in [-0.39, 0.29) is 5.54 Å². The van der Waals surface area contributed by atoms with E-state index < -0.39 is 0 Å². The first-order valence-corrected chi connectivity index (χ1v) is 5.21. The third-order valence-electron chi connectivity index (χ3n) is 3.21. The van der Waals surface area contributed by atoms with E-state index in [2.05, 4.69) is 0 Å². The highest BCUT2D eigenvalue weighted by molar-refractivity contribution is 5.92. The van der Waals surface area contributed by atoms with Gasteiger partial charge in [-0.25, -0.2) is 0 Å². The Kier molecular flexibility index (Phi) is 1.59. The predicted molar refractivity (Wildman–Crippen MR) is 60.7 cm³/mol. The molecular weight excluding hydrogens is 186 g/mol. The van der Waals surface area contributed by atoms with Gasteiger partial charge in [0.2, 0.25) is 0 Å². The van der Waals surface area contributed by atoms with Gasteiger partial charge in [0.25, 0.3) is 0 Å². The van der Waals surface area contributed by atoms with Crippen molar-refractivity contribution >= 4 is 10.8 Å². The minimum atomic E-state index is -0.196. The van der Waals surface area contributed by atoms with E-state index in [9.17, 15) is 5.11 Å². The first-order valence-electron chi connectivity index (χ1n) is 5.21. The zero-order valence-corrected chi connectivity index (χ0v) is 8.40. The molecule has 0 aliphatic heterocycles. The maximum Gasteiger partial charge on any atom is 0.123 e. The van der Waals surface area contributed by atoms with Gasteiger partial charge in [-0.15, -0.1) is 0 Å². The molecule has 15 heavy (non-hydrogen) atoms. The molecule has 0 atom stereocenters. The molecule has 0 spiro atoms. The largest absolute Gasteiger partial charge is 0.507 e. The Morgan fingerprint density at radius 2 is 1.73 bits per heavy atom. The van der Waals surface area contributed by atoms with Gasteiger partial charge in [-0.05, 0) is 29.9 Å². The summed E-state index contributed by atoms with van der Waals surface area (Å²) < 4.78 is 0. The number of aromatic hydroxyl groups is 1. The fourth-order valence-electron chi connectivity index (χ4n) is 2.14. The highest BCUT2D eigenvalue weighted by Crippen LogP contribution is 2.46. The van der Waals surface area contributed by atoms with Crippen molar-refractivity contribution in [3.8, 4) is 5.75 Å². The topological polar surface area (TPSA) is 46.2 Å². The van der Waals surface area contributed by atoms with Crippen LogP contribution in [0.15, 0.2) is 36.4 Å². The van der Waals surface area contributed by atoms with Gasteiger partial charge in [-0.1, -0.05) is 30.3 Å². The van der Waals surface area contributed by atoms with Crippen molar-refractivity contribution in [1.29, 1.82) is 0 Å². The van der Waals surface area contributed by atoms with Gasteiger partial charge in [0.1, 0.15) is 5.75 Å². The van der Waals surface area contributed by atoms with E-state index in [4.69, 9.17) is 5.73 Å². The van der Waals surface area contributed by atoms with Crippen LogP contribution in [0, 0.1) is 0 Å². The minimum absolute atomic E-state index is 0.196.